The van der Waals surface area contributed by atoms with E-state index in [1.54, 1.807) is 6.07 Å². The molecule has 98 valence electrons. The molecule has 2 rings (SSSR count). The molecule has 1 aliphatic heterocycles. The van der Waals surface area contributed by atoms with E-state index in [0.29, 0.717) is 5.56 Å². The number of hydrogen-bond donors (Lipinski definition) is 1. The van der Waals surface area contributed by atoms with E-state index in [1.807, 2.05) is 23.9 Å². The van der Waals surface area contributed by atoms with Crippen molar-refractivity contribution in [2.45, 2.75) is 19.9 Å². The summed E-state index contributed by atoms with van der Waals surface area (Å²) in [6.07, 6.45) is 1.03. The molecule has 3 nitrogen and oxygen atoms in total. The Hall–Kier alpha value is -1.00. The molecule has 0 bridgehead atoms. The summed E-state index contributed by atoms with van der Waals surface area (Å²) in [5, 5.41) is 9.01. The van der Waals surface area contributed by atoms with Crippen LogP contribution in [0.5, 0.6) is 0 Å². The quantitative estimate of drug-likeness (QED) is 0.830. The van der Waals surface area contributed by atoms with Crippen molar-refractivity contribution >= 4 is 17.7 Å². The first kappa shape index (κ1) is 13.4. The van der Waals surface area contributed by atoms with Gasteiger partial charge in [0.2, 0.25) is 0 Å². The summed E-state index contributed by atoms with van der Waals surface area (Å²) in [7, 11) is 0. The molecule has 0 aromatic heterocycles. The van der Waals surface area contributed by atoms with E-state index >= 15 is 0 Å². The number of aromatic carboxylic acids is 1. The second-order valence-corrected chi connectivity index (χ2v) is 5.91. The van der Waals surface area contributed by atoms with Crippen molar-refractivity contribution in [3.8, 4) is 0 Å². The van der Waals surface area contributed by atoms with Crippen LogP contribution in [0.1, 0.15) is 28.4 Å². The second-order valence-electron chi connectivity index (χ2n) is 4.51. The fourth-order valence-corrected chi connectivity index (χ4v) is 2.95. The third-order valence-electron chi connectivity index (χ3n) is 3.30. The Morgan fingerprint density at radius 1 is 1.44 bits per heavy atom. The summed E-state index contributed by atoms with van der Waals surface area (Å²) in [6.45, 7) is 5.25. The molecule has 0 saturated heterocycles. The number of thioether (sulfide) groups is 1. The number of hydrogen-bond acceptors (Lipinski definition) is 3. The van der Waals surface area contributed by atoms with Crippen molar-refractivity contribution in [3.63, 3.8) is 0 Å². The van der Waals surface area contributed by atoms with Crippen LogP contribution < -0.4 is 0 Å². The molecule has 1 N–H and O–H groups in total. The van der Waals surface area contributed by atoms with E-state index in [1.165, 1.54) is 11.1 Å². The predicted octanol–water partition coefficient (Wildman–Crippen LogP) is 2.50. The first-order valence-electron chi connectivity index (χ1n) is 6.36. The molecule has 18 heavy (non-hydrogen) atoms. The van der Waals surface area contributed by atoms with Crippen molar-refractivity contribution < 1.29 is 9.90 Å². The summed E-state index contributed by atoms with van der Waals surface area (Å²) in [6, 6.07) is 5.51. The zero-order valence-electron chi connectivity index (χ0n) is 10.7. The van der Waals surface area contributed by atoms with Crippen LogP contribution in [0, 0.1) is 0 Å². The minimum Gasteiger partial charge on any atom is -0.478 e. The number of nitrogens with zero attached hydrogens (tertiary/aromatic N) is 1. The standard InChI is InChI=1S/C14H19NO2S/c1-2-18-8-7-15-6-5-11-3-4-12(14(16)17)9-13(11)10-15/h3-4,9H,2,5-8,10H2,1H3,(H,16,17). The summed E-state index contributed by atoms with van der Waals surface area (Å²) in [5.74, 6) is 1.48. The largest absolute Gasteiger partial charge is 0.478 e. The highest BCUT2D eigenvalue weighted by Crippen LogP contribution is 2.20. The number of carboxylic acids is 1. The average molecular weight is 265 g/mol. The molecule has 0 saturated carbocycles. The lowest BCUT2D eigenvalue weighted by molar-refractivity contribution is 0.0696. The van der Waals surface area contributed by atoms with Gasteiger partial charge in [0.1, 0.15) is 0 Å². The maximum atomic E-state index is 11.0. The molecular weight excluding hydrogens is 246 g/mol. The van der Waals surface area contributed by atoms with Gasteiger partial charge in [-0.2, -0.15) is 11.8 Å². The highest BCUT2D eigenvalue weighted by molar-refractivity contribution is 7.99. The van der Waals surface area contributed by atoms with E-state index in [2.05, 4.69) is 11.8 Å². The van der Waals surface area contributed by atoms with Gasteiger partial charge in [-0.3, -0.25) is 4.90 Å². The molecule has 1 aromatic rings. The molecule has 1 aromatic carbocycles. The normalized spacial score (nSPS) is 15.4. The third-order valence-corrected chi connectivity index (χ3v) is 4.18. The van der Waals surface area contributed by atoms with Crippen LogP contribution in [0.25, 0.3) is 0 Å². The Balaban J connectivity index is 2.02. The van der Waals surface area contributed by atoms with Gasteiger partial charge in [-0.05, 0) is 35.4 Å². The van der Waals surface area contributed by atoms with Crippen LogP contribution in [0.4, 0.5) is 0 Å². The summed E-state index contributed by atoms with van der Waals surface area (Å²) in [5.41, 5.74) is 2.89. The number of fused-ring (bicyclic) bond motifs is 1. The van der Waals surface area contributed by atoms with E-state index in [4.69, 9.17) is 5.11 Å². The van der Waals surface area contributed by atoms with Crippen LogP contribution in [-0.4, -0.2) is 40.6 Å². The van der Waals surface area contributed by atoms with Crippen LogP contribution in [-0.2, 0) is 13.0 Å². The minimum atomic E-state index is -0.837. The van der Waals surface area contributed by atoms with Crippen molar-refractivity contribution in [2.24, 2.45) is 0 Å². The Labute approximate surface area is 112 Å². The van der Waals surface area contributed by atoms with Gasteiger partial charge >= 0.3 is 5.97 Å². The molecule has 0 radical (unpaired) electrons. The number of rotatable bonds is 5. The highest BCUT2D eigenvalue weighted by atomic mass is 32.2. The molecule has 0 spiro atoms. The molecule has 4 heteroatoms. The Morgan fingerprint density at radius 2 is 2.28 bits per heavy atom. The summed E-state index contributed by atoms with van der Waals surface area (Å²) >= 11 is 1.96. The maximum absolute atomic E-state index is 11.0. The molecule has 0 aliphatic carbocycles. The zero-order valence-corrected chi connectivity index (χ0v) is 11.5. The van der Waals surface area contributed by atoms with Gasteiger partial charge in [0.25, 0.3) is 0 Å². The minimum absolute atomic E-state index is 0.401. The molecular formula is C14H19NO2S. The lowest BCUT2D eigenvalue weighted by Crippen LogP contribution is -2.32. The number of carboxylic acid groups (broad SMARTS) is 1. The molecule has 0 amide bonds. The third kappa shape index (κ3) is 3.27. The van der Waals surface area contributed by atoms with Crippen molar-refractivity contribution in [2.75, 3.05) is 24.6 Å². The molecule has 1 aliphatic rings. The van der Waals surface area contributed by atoms with Gasteiger partial charge in [-0.1, -0.05) is 13.0 Å². The predicted molar refractivity (Wildman–Crippen MR) is 75.4 cm³/mol. The topological polar surface area (TPSA) is 40.5 Å². The van der Waals surface area contributed by atoms with Crippen molar-refractivity contribution in [1.82, 2.24) is 4.90 Å². The van der Waals surface area contributed by atoms with Crippen LogP contribution in [0.15, 0.2) is 18.2 Å². The Bertz CT molecular complexity index is 434. The fourth-order valence-electron chi connectivity index (χ4n) is 2.28. The van der Waals surface area contributed by atoms with Crippen molar-refractivity contribution in [1.29, 1.82) is 0 Å². The second kappa shape index (κ2) is 6.25. The summed E-state index contributed by atoms with van der Waals surface area (Å²) < 4.78 is 0. The molecule has 1 heterocycles. The molecule has 0 atom stereocenters. The maximum Gasteiger partial charge on any atom is 0.335 e. The lowest BCUT2D eigenvalue weighted by atomic mass is 9.97. The van der Waals surface area contributed by atoms with Crippen LogP contribution >= 0.6 is 11.8 Å². The van der Waals surface area contributed by atoms with Crippen molar-refractivity contribution in [3.05, 3.63) is 34.9 Å². The zero-order chi connectivity index (χ0) is 13.0. The van der Waals surface area contributed by atoms with E-state index in [0.717, 1.165) is 37.6 Å². The SMILES string of the molecule is CCSCCN1CCc2ccc(C(=O)O)cc2C1. The fraction of sp³-hybridized carbons (Fsp3) is 0.500. The van der Waals surface area contributed by atoms with Gasteiger partial charge in [0.05, 0.1) is 5.56 Å². The Kier molecular flexibility index (Phi) is 4.66. The van der Waals surface area contributed by atoms with Crippen LogP contribution in [0.2, 0.25) is 0 Å². The first-order valence-corrected chi connectivity index (χ1v) is 7.51. The molecule has 0 fully saturated rings. The van der Waals surface area contributed by atoms with E-state index < -0.39 is 5.97 Å². The number of benzene rings is 1. The summed E-state index contributed by atoms with van der Waals surface area (Å²) in [4.78, 5) is 13.4. The monoisotopic (exact) mass is 265 g/mol. The Morgan fingerprint density at radius 3 is 3.00 bits per heavy atom. The van der Waals surface area contributed by atoms with E-state index in [-0.39, 0.29) is 0 Å². The van der Waals surface area contributed by atoms with Gasteiger partial charge in [-0.25, -0.2) is 4.79 Å². The van der Waals surface area contributed by atoms with Gasteiger partial charge in [0.15, 0.2) is 0 Å². The van der Waals surface area contributed by atoms with Gasteiger partial charge < -0.3 is 5.11 Å². The average Bonchev–Trinajstić information content (AvgIpc) is 2.38. The highest BCUT2D eigenvalue weighted by Gasteiger charge is 2.17. The van der Waals surface area contributed by atoms with Gasteiger partial charge in [-0.15, -0.1) is 0 Å². The number of carbonyl (C=O) groups is 1. The van der Waals surface area contributed by atoms with Crippen LogP contribution in [0.3, 0.4) is 0 Å². The van der Waals surface area contributed by atoms with E-state index in [9.17, 15) is 4.79 Å². The lowest BCUT2D eigenvalue weighted by Gasteiger charge is -2.28. The molecule has 0 unspecified atom stereocenters. The van der Waals surface area contributed by atoms with Gasteiger partial charge in [0, 0.05) is 25.4 Å². The smallest absolute Gasteiger partial charge is 0.335 e. The first-order chi connectivity index (χ1) is 8.70.